The second kappa shape index (κ2) is 11.0. The first kappa shape index (κ1) is 23.5. The van der Waals surface area contributed by atoms with Gasteiger partial charge in [-0.2, -0.15) is 0 Å². The number of carbonyl (C=O) groups is 2. The standard InChI is InChI=1S/C24H37N3O4/c1-5-27-18(3)21(23(19(27)4)24(29)31-6-2)7-8-22(28)26-11-9-20(10-12-26)17-25-13-15-30-16-14-25/h7-8,20H,5-6,9-17H2,1-4H3/b8-7+. The van der Waals surface area contributed by atoms with E-state index < -0.39 is 0 Å². The summed E-state index contributed by atoms with van der Waals surface area (Å²) < 4.78 is 12.8. The van der Waals surface area contributed by atoms with Gasteiger partial charge in [0.15, 0.2) is 0 Å². The van der Waals surface area contributed by atoms with Gasteiger partial charge in [0.1, 0.15) is 0 Å². The fraction of sp³-hybridized carbons (Fsp3) is 0.667. The van der Waals surface area contributed by atoms with E-state index in [1.807, 2.05) is 18.7 Å². The highest BCUT2D eigenvalue weighted by Crippen LogP contribution is 2.25. The summed E-state index contributed by atoms with van der Waals surface area (Å²) in [7, 11) is 0. The van der Waals surface area contributed by atoms with Crippen molar-refractivity contribution < 1.29 is 19.1 Å². The van der Waals surface area contributed by atoms with Crippen LogP contribution < -0.4 is 0 Å². The van der Waals surface area contributed by atoms with Gasteiger partial charge in [-0.3, -0.25) is 9.69 Å². The topological polar surface area (TPSA) is 64.0 Å². The molecule has 0 atom stereocenters. The molecule has 0 N–H and O–H groups in total. The maximum absolute atomic E-state index is 12.8. The van der Waals surface area contributed by atoms with Crippen LogP contribution in [0.1, 0.15) is 54.0 Å². The molecule has 0 radical (unpaired) electrons. The second-order valence-electron chi connectivity index (χ2n) is 8.44. The van der Waals surface area contributed by atoms with Crippen LogP contribution in [0, 0.1) is 19.8 Å². The van der Waals surface area contributed by atoms with E-state index in [-0.39, 0.29) is 11.9 Å². The molecule has 3 heterocycles. The van der Waals surface area contributed by atoms with E-state index in [9.17, 15) is 9.59 Å². The molecule has 7 heteroatoms. The fourth-order valence-electron chi connectivity index (χ4n) is 4.79. The Hall–Kier alpha value is -2.12. The highest BCUT2D eigenvalue weighted by Gasteiger charge is 2.25. The van der Waals surface area contributed by atoms with Crippen LogP contribution in [-0.4, -0.2) is 78.8 Å². The number of carbonyl (C=O) groups excluding carboxylic acids is 2. The maximum Gasteiger partial charge on any atom is 0.340 e. The summed E-state index contributed by atoms with van der Waals surface area (Å²) in [6.45, 7) is 15.2. The molecule has 7 nitrogen and oxygen atoms in total. The molecule has 0 aliphatic carbocycles. The molecule has 2 saturated heterocycles. The number of ether oxygens (including phenoxy) is 2. The zero-order chi connectivity index (χ0) is 22.4. The van der Waals surface area contributed by atoms with Gasteiger partial charge in [0.2, 0.25) is 5.91 Å². The average Bonchev–Trinajstić information content (AvgIpc) is 3.02. The first-order valence-electron chi connectivity index (χ1n) is 11.6. The predicted molar refractivity (Wildman–Crippen MR) is 121 cm³/mol. The van der Waals surface area contributed by atoms with E-state index in [0.29, 0.717) is 18.1 Å². The van der Waals surface area contributed by atoms with Crippen molar-refractivity contribution in [2.75, 3.05) is 52.5 Å². The van der Waals surface area contributed by atoms with Gasteiger partial charge in [0, 0.05) is 62.3 Å². The smallest absolute Gasteiger partial charge is 0.340 e. The highest BCUT2D eigenvalue weighted by molar-refractivity contribution is 5.98. The minimum Gasteiger partial charge on any atom is -0.462 e. The van der Waals surface area contributed by atoms with E-state index >= 15 is 0 Å². The van der Waals surface area contributed by atoms with Crippen molar-refractivity contribution in [1.29, 1.82) is 0 Å². The van der Waals surface area contributed by atoms with Crippen molar-refractivity contribution in [2.24, 2.45) is 5.92 Å². The Bertz CT molecular complexity index is 800. The molecule has 2 fully saturated rings. The molecule has 31 heavy (non-hydrogen) atoms. The van der Waals surface area contributed by atoms with Crippen molar-refractivity contribution in [3.63, 3.8) is 0 Å². The first-order chi connectivity index (χ1) is 15.0. The predicted octanol–water partition coefficient (Wildman–Crippen LogP) is 2.89. The summed E-state index contributed by atoms with van der Waals surface area (Å²) in [6, 6.07) is 0. The van der Waals surface area contributed by atoms with E-state index in [4.69, 9.17) is 9.47 Å². The van der Waals surface area contributed by atoms with Crippen molar-refractivity contribution in [3.8, 4) is 0 Å². The Balaban J connectivity index is 1.63. The lowest BCUT2D eigenvalue weighted by molar-refractivity contribution is -0.127. The number of esters is 1. The highest BCUT2D eigenvalue weighted by atomic mass is 16.5. The molecule has 0 unspecified atom stereocenters. The van der Waals surface area contributed by atoms with E-state index in [0.717, 1.165) is 82.3 Å². The van der Waals surface area contributed by atoms with E-state index in [1.165, 1.54) is 0 Å². The Morgan fingerprint density at radius 1 is 1.06 bits per heavy atom. The Morgan fingerprint density at radius 3 is 2.35 bits per heavy atom. The first-order valence-corrected chi connectivity index (χ1v) is 11.6. The summed E-state index contributed by atoms with van der Waals surface area (Å²) in [5.41, 5.74) is 3.22. The molecule has 0 aromatic carbocycles. The summed E-state index contributed by atoms with van der Waals surface area (Å²) in [4.78, 5) is 29.8. The van der Waals surface area contributed by atoms with Crippen molar-refractivity contribution in [2.45, 2.75) is 47.1 Å². The van der Waals surface area contributed by atoms with E-state index in [2.05, 4.69) is 16.4 Å². The largest absolute Gasteiger partial charge is 0.462 e. The monoisotopic (exact) mass is 431 g/mol. The van der Waals surface area contributed by atoms with Crippen LogP contribution in [0.25, 0.3) is 6.08 Å². The van der Waals surface area contributed by atoms with Crippen molar-refractivity contribution in [3.05, 3.63) is 28.6 Å². The average molecular weight is 432 g/mol. The Kier molecular flexibility index (Phi) is 8.32. The molecule has 3 rings (SSSR count). The van der Waals surface area contributed by atoms with Crippen LogP contribution >= 0.6 is 0 Å². The van der Waals surface area contributed by atoms with Gasteiger partial charge in [-0.15, -0.1) is 0 Å². The molecule has 1 aromatic heterocycles. The number of nitrogens with zero attached hydrogens (tertiary/aromatic N) is 3. The molecule has 0 bridgehead atoms. The molecule has 0 saturated carbocycles. The summed E-state index contributed by atoms with van der Waals surface area (Å²) in [5, 5.41) is 0. The Labute approximate surface area is 186 Å². The van der Waals surface area contributed by atoms with Crippen molar-refractivity contribution >= 4 is 18.0 Å². The van der Waals surface area contributed by atoms with Crippen LogP contribution in [0.5, 0.6) is 0 Å². The summed E-state index contributed by atoms with van der Waals surface area (Å²) >= 11 is 0. The van der Waals surface area contributed by atoms with Gasteiger partial charge in [0.05, 0.1) is 25.4 Å². The van der Waals surface area contributed by atoms with Crippen LogP contribution in [-0.2, 0) is 20.8 Å². The Morgan fingerprint density at radius 2 is 1.74 bits per heavy atom. The molecular weight excluding hydrogens is 394 g/mol. The third kappa shape index (κ3) is 5.57. The quantitative estimate of drug-likeness (QED) is 0.491. The van der Waals surface area contributed by atoms with Gasteiger partial charge in [-0.05, 0) is 52.5 Å². The molecule has 2 aliphatic rings. The van der Waals surface area contributed by atoms with Crippen LogP contribution in [0.2, 0.25) is 0 Å². The zero-order valence-electron chi connectivity index (χ0n) is 19.5. The zero-order valence-corrected chi connectivity index (χ0v) is 19.5. The molecule has 0 spiro atoms. The molecule has 1 aromatic rings. The lowest BCUT2D eigenvalue weighted by atomic mass is 9.96. The molecular formula is C24H37N3O4. The van der Waals surface area contributed by atoms with Gasteiger partial charge in [0.25, 0.3) is 0 Å². The third-order valence-corrected chi connectivity index (χ3v) is 6.57. The number of hydrogen-bond acceptors (Lipinski definition) is 5. The van der Waals surface area contributed by atoms with Crippen LogP contribution in [0.4, 0.5) is 0 Å². The number of likely N-dealkylation sites (tertiary alicyclic amines) is 1. The molecule has 1 amide bonds. The maximum atomic E-state index is 12.8. The van der Waals surface area contributed by atoms with Gasteiger partial charge in [-0.1, -0.05) is 0 Å². The SMILES string of the molecule is CCOC(=O)c1c(/C=C/C(=O)N2CCC(CN3CCOCC3)CC2)c(C)n(CC)c1C. The fourth-order valence-corrected chi connectivity index (χ4v) is 4.79. The lowest BCUT2D eigenvalue weighted by Crippen LogP contribution is -2.43. The van der Waals surface area contributed by atoms with Crippen molar-refractivity contribution in [1.82, 2.24) is 14.4 Å². The molecule has 2 aliphatic heterocycles. The van der Waals surface area contributed by atoms with Crippen LogP contribution in [0.15, 0.2) is 6.08 Å². The summed E-state index contributed by atoms with van der Waals surface area (Å²) in [6.07, 6.45) is 5.49. The van der Waals surface area contributed by atoms with Gasteiger partial charge >= 0.3 is 5.97 Å². The lowest BCUT2D eigenvalue weighted by Gasteiger charge is -2.35. The number of amides is 1. The number of morpholine rings is 1. The number of aromatic nitrogens is 1. The normalized spacial score (nSPS) is 18.6. The summed E-state index contributed by atoms with van der Waals surface area (Å²) in [5.74, 6) is 0.331. The molecule has 172 valence electrons. The van der Waals surface area contributed by atoms with E-state index in [1.54, 1.807) is 19.1 Å². The number of hydrogen-bond donors (Lipinski definition) is 0. The number of rotatable bonds is 7. The third-order valence-electron chi connectivity index (χ3n) is 6.57. The minimum absolute atomic E-state index is 0.0148. The second-order valence-corrected chi connectivity index (χ2v) is 8.44. The van der Waals surface area contributed by atoms with Gasteiger partial charge in [-0.25, -0.2) is 4.79 Å². The number of piperidine rings is 1. The van der Waals surface area contributed by atoms with Crippen LogP contribution in [0.3, 0.4) is 0 Å². The van der Waals surface area contributed by atoms with Gasteiger partial charge < -0.3 is 18.9 Å². The minimum atomic E-state index is -0.327.